The van der Waals surface area contributed by atoms with Gasteiger partial charge in [-0.05, 0) is 85.3 Å². The molecule has 0 saturated carbocycles. The lowest BCUT2D eigenvalue weighted by Gasteiger charge is -2.11. The molecule has 4 amide bonds. The van der Waals surface area contributed by atoms with Crippen molar-refractivity contribution in [3.05, 3.63) is 77.1 Å². The molecule has 2 aliphatic heterocycles. The fraction of sp³-hybridized carbons (Fsp3) is 0.222. The van der Waals surface area contributed by atoms with E-state index in [1.54, 1.807) is 30.3 Å². The molecule has 4 N–H and O–H groups in total. The molecule has 0 spiro atoms. The predicted octanol–water partition coefficient (Wildman–Crippen LogP) is 4.14. The van der Waals surface area contributed by atoms with Gasteiger partial charge in [-0.15, -0.1) is 0 Å². The van der Waals surface area contributed by atoms with Gasteiger partial charge in [0.25, 0.3) is 11.8 Å². The molecule has 36 heavy (non-hydrogen) atoms. The Morgan fingerprint density at radius 3 is 1.78 bits per heavy atom. The number of nitrogens with one attached hydrogen (secondary N) is 4. The average Bonchev–Trinajstić information content (AvgIpc) is 3.17. The van der Waals surface area contributed by atoms with Crippen LogP contribution in [0.25, 0.3) is 0 Å². The fourth-order valence-corrected chi connectivity index (χ4v) is 4.37. The maximum Gasteiger partial charge on any atom is 0.274 e. The van der Waals surface area contributed by atoms with Crippen molar-refractivity contribution >= 4 is 46.4 Å². The lowest BCUT2D eigenvalue weighted by atomic mass is 10.1. The van der Waals surface area contributed by atoms with Gasteiger partial charge in [-0.2, -0.15) is 0 Å². The van der Waals surface area contributed by atoms with E-state index in [2.05, 4.69) is 26.3 Å². The van der Waals surface area contributed by atoms with Crippen LogP contribution in [-0.2, 0) is 22.4 Å². The van der Waals surface area contributed by atoms with Crippen LogP contribution < -0.4 is 21.3 Å². The number of aromatic nitrogens is 1. The van der Waals surface area contributed by atoms with E-state index in [9.17, 15) is 19.2 Å². The number of anilines is 4. The average molecular weight is 484 g/mol. The Bertz CT molecular complexity index is 1260. The molecule has 0 radical (unpaired) electrons. The zero-order valence-electron chi connectivity index (χ0n) is 19.5. The monoisotopic (exact) mass is 483 g/mol. The maximum atomic E-state index is 12.7. The Labute approximate surface area is 207 Å². The molecule has 0 unspecified atom stereocenters. The van der Waals surface area contributed by atoms with Gasteiger partial charge in [-0.1, -0.05) is 0 Å². The number of hydrogen-bond acceptors (Lipinski definition) is 5. The molecule has 1 aromatic heterocycles. The number of aryl methyl sites for hydroxylation is 2. The molecular weight excluding hydrogens is 458 g/mol. The highest BCUT2D eigenvalue weighted by molar-refractivity contribution is 6.06. The number of benzene rings is 2. The highest BCUT2D eigenvalue weighted by Crippen LogP contribution is 2.27. The van der Waals surface area contributed by atoms with Crippen molar-refractivity contribution < 1.29 is 19.2 Å². The number of nitrogens with zero attached hydrogens (tertiary/aromatic N) is 1. The zero-order chi connectivity index (χ0) is 25.1. The molecular formula is C27H25N5O4. The summed E-state index contributed by atoms with van der Waals surface area (Å²) in [6.07, 6.45) is 5.33. The number of fused-ring (bicyclic) bond motifs is 2. The van der Waals surface area contributed by atoms with Crippen molar-refractivity contribution in [3.8, 4) is 0 Å². The molecule has 3 aromatic rings. The van der Waals surface area contributed by atoms with E-state index < -0.39 is 5.91 Å². The van der Waals surface area contributed by atoms with Crippen molar-refractivity contribution in [2.75, 3.05) is 21.3 Å². The molecule has 2 aliphatic rings. The normalized spacial score (nSPS) is 14.8. The summed E-state index contributed by atoms with van der Waals surface area (Å²) in [6, 6.07) is 13.8. The van der Waals surface area contributed by atoms with Crippen LogP contribution in [0.2, 0.25) is 0 Å². The summed E-state index contributed by atoms with van der Waals surface area (Å²) in [6.45, 7) is 0. The third-order valence-electron chi connectivity index (χ3n) is 6.23. The van der Waals surface area contributed by atoms with Crippen molar-refractivity contribution in [1.82, 2.24) is 4.98 Å². The summed E-state index contributed by atoms with van der Waals surface area (Å²) < 4.78 is 0. The van der Waals surface area contributed by atoms with Crippen molar-refractivity contribution in [2.45, 2.75) is 38.5 Å². The fourth-order valence-electron chi connectivity index (χ4n) is 4.37. The number of carbonyl (C=O) groups excluding carboxylic acids is 4. The standard InChI is InChI=1S/C27H25N5O4/c33-24-5-1-3-16-13-19(8-11-21(16)31-24)29-26(35)18-7-10-23(28-15-18)27(36)30-20-9-12-22-17(14-20)4-2-6-25(34)32-22/h7-15H,1-6H2,(H,29,35)(H,30,36)(H,31,33)(H,32,34). The van der Waals surface area contributed by atoms with E-state index in [1.807, 2.05) is 12.1 Å². The summed E-state index contributed by atoms with van der Waals surface area (Å²) in [4.78, 5) is 53.0. The highest BCUT2D eigenvalue weighted by atomic mass is 16.2. The van der Waals surface area contributed by atoms with Crippen LogP contribution >= 0.6 is 0 Å². The zero-order valence-corrected chi connectivity index (χ0v) is 19.5. The lowest BCUT2D eigenvalue weighted by molar-refractivity contribution is -0.117. The molecule has 3 heterocycles. The molecule has 9 nitrogen and oxygen atoms in total. The minimum absolute atomic E-state index is 0.00342. The predicted molar refractivity (Wildman–Crippen MR) is 136 cm³/mol. The number of amides is 4. The second-order valence-corrected chi connectivity index (χ2v) is 8.89. The minimum Gasteiger partial charge on any atom is -0.326 e. The van der Waals surface area contributed by atoms with Crippen molar-refractivity contribution in [2.24, 2.45) is 0 Å². The van der Waals surface area contributed by atoms with Gasteiger partial charge in [-0.25, -0.2) is 0 Å². The number of pyridine rings is 1. The topological polar surface area (TPSA) is 129 Å². The van der Waals surface area contributed by atoms with Crippen molar-refractivity contribution in [3.63, 3.8) is 0 Å². The van der Waals surface area contributed by atoms with E-state index in [-0.39, 0.29) is 23.4 Å². The second kappa shape index (κ2) is 9.99. The van der Waals surface area contributed by atoms with Gasteiger partial charge >= 0.3 is 0 Å². The van der Waals surface area contributed by atoms with Crippen LogP contribution in [-0.4, -0.2) is 28.6 Å². The van der Waals surface area contributed by atoms with Gasteiger partial charge in [0, 0.05) is 41.8 Å². The Balaban J connectivity index is 1.23. The molecule has 5 rings (SSSR count). The Hall–Kier alpha value is -4.53. The van der Waals surface area contributed by atoms with Crippen LogP contribution in [0.4, 0.5) is 22.7 Å². The molecule has 0 atom stereocenters. The minimum atomic E-state index is -0.396. The van der Waals surface area contributed by atoms with Gasteiger partial charge < -0.3 is 21.3 Å². The maximum absolute atomic E-state index is 12.7. The molecule has 2 aromatic carbocycles. The molecule has 9 heteroatoms. The summed E-state index contributed by atoms with van der Waals surface area (Å²) in [5.74, 6) is -0.752. The smallest absolute Gasteiger partial charge is 0.274 e. The summed E-state index contributed by atoms with van der Waals surface area (Å²) >= 11 is 0. The third-order valence-corrected chi connectivity index (χ3v) is 6.23. The van der Waals surface area contributed by atoms with E-state index in [1.165, 1.54) is 12.3 Å². The molecule has 182 valence electrons. The van der Waals surface area contributed by atoms with E-state index >= 15 is 0 Å². The van der Waals surface area contributed by atoms with Crippen LogP contribution in [0, 0.1) is 0 Å². The first-order valence-electron chi connectivity index (χ1n) is 11.9. The van der Waals surface area contributed by atoms with E-state index in [0.717, 1.165) is 48.2 Å². The van der Waals surface area contributed by atoms with Crippen LogP contribution in [0.5, 0.6) is 0 Å². The first kappa shape index (κ1) is 23.2. The first-order chi connectivity index (χ1) is 17.4. The summed E-state index contributed by atoms with van der Waals surface area (Å²) in [5, 5.41) is 11.4. The van der Waals surface area contributed by atoms with Gasteiger partial charge in [0.2, 0.25) is 11.8 Å². The Morgan fingerprint density at radius 1 is 0.694 bits per heavy atom. The van der Waals surface area contributed by atoms with Crippen LogP contribution in [0.1, 0.15) is 57.7 Å². The number of rotatable bonds is 4. The van der Waals surface area contributed by atoms with Gasteiger partial charge in [-0.3, -0.25) is 24.2 Å². The van der Waals surface area contributed by atoms with Gasteiger partial charge in [0.1, 0.15) is 5.69 Å². The molecule has 0 bridgehead atoms. The Kier molecular flexibility index (Phi) is 6.44. The highest BCUT2D eigenvalue weighted by Gasteiger charge is 2.17. The van der Waals surface area contributed by atoms with Crippen LogP contribution in [0.15, 0.2) is 54.7 Å². The quantitative estimate of drug-likeness (QED) is 0.443. The first-order valence-corrected chi connectivity index (χ1v) is 11.9. The largest absolute Gasteiger partial charge is 0.326 e. The van der Waals surface area contributed by atoms with E-state index in [0.29, 0.717) is 29.8 Å². The van der Waals surface area contributed by atoms with Crippen LogP contribution in [0.3, 0.4) is 0 Å². The summed E-state index contributed by atoms with van der Waals surface area (Å²) in [7, 11) is 0. The third kappa shape index (κ3) is 5.25. The molecule has 0 fully saturated rings. The number of carbonyl (C=O) groups is 4. The molecule has 0 aliphatic carbocycles. The number of hydrogen-bond donors (Lipinski definition) is 4. The van der Waals surface area contributed by atoms with Gasteiger partial charge in [0.15, 0.2) is 0 Å². The summed E-state index contributed by atoms with van der Waals surface area (Å²) in [5.41, 5.74) is 5.21. The van der Waals surface area contributed by atoms with Crippen molar-refractivity contribution in [1.29, 1.82) is 0 Å². The SMILES string of the molecule is O=C1CCCc2cc(NC(=O)c3ccc(C(=O)Nc4ccc5c(c4)CCCC(=O)N5)nc3)ccc2N1. The molecule has 0 saturated heterocycles. The Morgan fingerprint density at radius 2 is 1.25 bits per heavy atom. The van der Waals surface area contributed by atoms with Gasteiger partial charge in [0.05, 0.1) is 5.56 Å². The lowest BCUT2D eigenvalue weighted by Crippen LogP contribution is -2.16. The second-order valence-electron chi connectivity index (χ2n) is 8.89. The van der Waals surface area contributed by atoms with E-state index in [4.69, 9.17) is 0 Å².